The molecule has 1 aromatic carbocycles. The van der Waals surface area contributed by atoms with Crippen LogP contribution in [0.1, 0.15) is 5.56 Å². The lowest BCUT2D eigenvalue weighted by Crippen LogP contribution is -2.30. The van der Waals surface area contributed by atoms with Gasteiger partial charge in [0.2, 0.25) is 0 Å². The molecule has 0 amide bonds. The van der Waals surface area contributed by atoms with Gasteiger partial charge < -0.3 is 15.4 Å². The number of pyridine rings is 1. The number of methoxy groups -OCH3 is 1. The molecule has 4 nitrogen and oxygen atoms in total. The van der Waals surface area contributed by atoms with Crippen LogP contribution in [0, 0.1) is 5.82 Å². The summed E-state index contributed by atoms with van der Waals surface area (Å²) in [4.78, 5) is 6.44. The number of nitrogen functional groups attached to an aromatic ring is 1. The molecule has 112 valence electrons. The Labute approximate surface area is 124 Å². The lowest BCUT2D eigenvalue weighted by Gasteiger charge is -2.23. The van der Waals surface area contributed by atoms with E-state index in [1.165, 1.54) is 6.07 Å². The van der Waals surface area contributed by atoms with E-state index >= 15 is 0 Å². The summed E-state index contributed by atoms with van der Waals surface area (Å²) < 4.78 is 18.3. The number of benzene rings is 1. The first-order chi connectivity index (χ1) is 10.2. The van der Waals surface area contributed by atoms with E-state index in [2.05, 4.69) is 9.88 Å². The third-order valence-corrected chi connectivity index (χ3v) is 3.22. The second-order valence-corrected chi connectivity index (χ2v) is 4.81. The van der Waals surface area contributed by atoms with Crippen LogP contribution in [0.25, 0.3) is 0 Å². The maximum atomic E-state index is 13.2. The first-order valence-electron chi connectivity index (χ1n) is 6.89. The monoisotopic (exact) mass is 289 g/mol. The molecule has 0 radical (unpaired) electrons. The topological polar surface area (TPSA) is 51.4 Å². The summed E-state index contributed by atoms with van der Waals surface area (Å²) in [5.41, 5.74) is 7.26. The predicted octanol–water partition coefficient (Wildman–Crippen LogP) is 2.50. The van der Waals surface area contributed by atoms with Crippen molar-refractivity contribution in [2.45, 2.75) is 6.42 Å². The van der Waals surface area contributed by atoms with Crippen LogP contribution >= 0.6 is 0 Å². The third-order valence-electron chi connectivity index (χ3n) is 3.22. The van der Waals surface area contributed by atoms with Gasteiger partial charge in [-0.15, -0.1) is 0 Å². The first kappa shape index (κ1) is 15.3. The largest absolute Gasteiger partial charge is 0.397 e. The van der Waals surface area contributed by atoms with E-state index in [1.807, 2.05) is 18.2 Å². The van der Waals surface area contributed by atoms with Crippen LogP contribution in [-0.4, -0.2) is 31.8 Å². The molecule has 0 aliphatic carbocycles. The lowest BCUT2D eigenvalue weighted by molar-refractivity contribution is 0.205. The van der Waals surface area contributed by atoms with Crippen LogP contribution in [0.15, 0.2) is 42.6 Å². The Bertz CT molecular complexity index is 560. The number of nitrogens with two attached hydrogens (primary N) is 1. The van der Waals surface area contributed by atoms with Crippen molar-refractivity contribution in [1.29, 1.82) is 0 Å². The van der Waals surface area contributed by atoms with Crippen molar-refractivity contribution in [3.05, 3.63) is 54.0 Å². The highest BCUT2D eigenvalue weighted by molar-refractivity contribution is 5.45. The van der Waals surface area contributed by atoms with E-state index in [-0.39, 0.29) is 5.82 Å². The summed E-state index contributed by atoms with van der Waals surface area (Å²) in [6, 6.07) is 10.4. The molecule has 0 saturated carbocycles. The second-order valence-electron chi connectivity index (χ2n) is 4.81. The molecule has 0 bridgehead atoms. The summed E-state index contributed by atoms with van der Waals surface area (Å²) in [5.74, 6) is 0.638. The van der Waals surface area contributed by atoms with Crippen molar-refractivity contribution in [3.63, 3.8) is 0 Å². The average molecular weight is 289 g/mol. The normalized spacial score (nSPS) is 10.6. The first-order valence-corrected chi connectivity index (χ1v) is 6.89. The van der Waals surface area contributed by atoms with Gasteiger partial charge in [0.05, 0.1) is 18.5 Å². The van der Waals surface area contributed by atoms with Crippen molar-refractivity contribution in [1.82, 2.24) is 4.98 Å². The minimum absolute atomic E-state index is 0.207. The van der Waals surface area contributed by atoms with Crippen LogP contribution < -0.4 is 10.6 Å². The predicted molar refractivity (Wildman–Crippen MR) is 82.8 cm³/mol. The minimum Gasteiger partial charge on any atom is -0.397 e. The van der Waals surface area contributed by atoms with Gasteiger partial charge in [-0.1, -0.05) is 12.1 Å². The molecule has 2 rings (SSSR count). The zero-order valence-corrected chi connectivity index (χ0v) is 12.1. The van der Waals surface area contributed by atoms with Gasteiger partial charge in [-0.2, -0.15) is 0 Å². The zero-order chi connectivity index (χ0) is 15.1. The van der Waals surface area contributed by atoms with Crippen molar-refractivity contribution in [2.24, 2.45) is 0 Å². The molecular formula is C16H20FN3O. The van der Waals surface area contributed by atoms with Crippen molar-refractivity contribution >= 4 is 11.5 Å². The number of halogens is 1. The minimum atomic E-state index is -0.207. The maximum absolute atomic E-state index is 13.2. The van der Waals surface area contributed by atoms with Gasteiger partial charge >= 0.3 is 0 Å². The molecule has 0 aliphatic rings. The summed E-state index contributed by atoms with van der Waals surface area (Å²) in [6.45, 7) is 2.07. The molecule has 0 spiro atoms. The van der Waals surface area contributed by atoms with Gasteiger partial charge in [-0.25, -0.2) is 9.37 Å². The lowest BCUT2D eigenvalue weighted by atomic mass is 10.1. The zero-order valence-electron chi connectivity index (χ0n) is 12.1. The Kier molecular flexibility index (Phi) is 5.51. The highest BCUT2D eigenvalue weighted by Gasteiger charge is 2.08. The van der Waals surface area contributed by atoms with Gasteiger partial charge in [0.25, 0.3) is 0 Å². The van der Waals surface area contributed by atoms with Gasteiger partial charge in [0.15, 0.2) is 0 Å². The molecule has 1 aromatic heterocycles. The van der Waals surface area contributed by atoms with Gasteiger partial charge in [-0.05, 0) is 36.2 Å². The third kappa shape index (κ3) is 4.72. The van der Waals surface area contributed by atoms with E-state index in [1.54, 1.807) is 25.4 Å². The van der Waals surface area contributed by atoms with Gasteiger partial charge in [-0.3, -0.25) is 0 Å². The fraction of sp³-hybridized carbons (Fsp3) is 0.312. The fourth-order valence-corrected chi connectivity index (χ4v) is 2.08. The van der Waals surface area contributed by atoms with Crippen molar-refractivity contribution in [2.75, 3.05) is 37.4 Å². The standard InChI is InChI=1S/C16H20FN3O/c1-21-10-9-20(16-6-5-15(18)12-19-16)8-7-13-3-2-4-14(17)11-13/h2-6,11-12H,7-10,18H2,1H3. The Morgan fingerprint density at radius 1 is 1.24 bits per heavy atom. The fourth-order valence-electron chi connectivity index (χ4n) is 2.08. The molecule has 2 aromatic rings. The van der Waals surface area contributed by atoms with Crippen molar-refractivity contribution in [3.8, 4) is 0 Å². The molecule has 0 saturated heterocycles. The number of anilines is 2. The SMILES string of the molecule is COCCN(CCc1cccc(F)c1)c1ccc(N)cn1. The number of ether oxygens (including phenoxy) is 1. The second kappa shape index (κ2) is 7.59. The molecule has 0 atom stereocenters. The number of hydrogen-bond donors (Lipinski definition) is 1. The number of rotatable bonds is 7. The van der Waals surface area contributed by atoms with Crippen molar-refractivity contribution < 1.29 is 9.13 Å². The van der Waals surface area contributed by atoms with Crippen LogP contribution in [0.2, 0.25) is 0 Å². The molecule has 1 heterocycles. The summed E-state index contributed by atoms with van der Waals surface area (Å²) in [6.07, 6.45) is 2.38. The Hall–Kier alpha value is -2.14. The van der Waals surface area contributed by atoms with Crippen LogP contribution in [0.4, 0.5) is 15.9 Å². The van der Waals surface area contributed by atoms with E-state index in [4.69, 9.17) is 10.5 Å². The number of nitrogens with zero attached hydrogens (tertiary/aromatic N) is 2. The van der Waals surface area contributed by atoms with Gasteiger partial charge in [0.1, 0.15) is 11.6 Å². The van der Waals surface area contributed by atoms with E-state index in [0.717, 1.165) is 30.9 Å². The van der Waals surface area contributed by atoms with Crippen LogP contribution in [-0.2, 0) is 11.2 Å². The van der Waals surface area contributed by atoms with E-state index < -0.39 is 0 Å². The van der Waals surface area contributed by atoms with E-state index in [9.17, 15) is 4.39 Å². The number of aromatic nitrogens is 1. The molecular weight excluding hydrogens is 269 g/mol. The molecule has 2 N–H and O–H groups in total. The van der Waals surface area contributed by atoms with Crippen LogP contribution in [0.5, 0.6) is 0 Å². The highest BCUT2D eigenvalue weighted by Crippen LogP contribution is 2.13. The Balaban J connectivity index is 2.04. The summed E-state index contributed by atoms with van der Waals surface area (Å²) >= 11 is 0. The molecule has 0 unspecified atom stereocenters. The molecule has 0 aliphatic heterocycles. The molecule has 0 fully saturated rings. The quantitative estimate of drug-likeness (QED) is 0.851. The molecule has 21 heavy (non-hydrogen) atoms. The Morgan fingerprint density at radius 3 is 2.76 bits per heavy atom. The maximum Gasteiger partial charge on any atom is 0.128 e. The smallest absolute Gasteiger partial charge is 0.128 e. The Morgan fingerprint density at radius 2 is 2.10 bits per heavy atom. The number of hydrogen-bond acceptors (Lipinski definition) is 4. The van der Waals surface area contributed by atoms with Crippen LogP contribution in [0.3, 0.4) is 0 Å². The average Bonchev–Trinajstić information content (AvgIpc) is 2.49. The molecule has 5 heteroatoms. The summed E-state index contributed by atoms with van der Waals surface area (Å²) in [5, 5.41) is 0. The highest BCUT2D eigenvalue weighted by atomic mass is 19.1. The summed E-state index contributed by atoms with van der Waals surface area (Å²) in [7, 11) is 1.67. The van der Waals surface area contributed by atoms with E-state index in [0.29, 0.717) is 12.3 Å². The van der Waals surface area contributed by atoms with Gasteiger partial charge in [0, 0.05) is 20.2 Å².